The number of hydrogen-bond acceptors (Lipinski definition) is 4. The van der Waals surface area contributed by atoms with Crippen LogP contribution < -0.4 is 5.32 Å². The number of fused-ring (bicyclic) bond motifs is 1. The molecule has 0 saturated carbocycles. The molecule has 0 unspecified atom stereocenters. The number of alkyl carbamates (subject to hydrolysis) is 1. The minimum atomic E-state index is -4.50. The van der Waals surface area contributed by atoms with E-state index in [0.717, 1.165) is 0 Å². The van der Waals surface area contributed by atoms with Crippen molar-refractivity contribution in [2.45, 2.75) is 36.8 Å². The van der Waals surface area contributed by atoms with E-state index in [4.69, 9.17) is 16.3 Å². The first kappa shape index (κ1) is 20.3. The number of nitrogens with one attached hydrogen (secondary N) is 1. The summed E-state index contributed by atoms with van der Waals surface area (Å²) in [6.07, 6.45) is -0.672. The summed E-state index contributed by atoms with van der Waals surface area (Å²) in [6, 6.07) is 4.50. The van der Waals surface area contributed by atoms with Gasteiger partial charge in [-0.3, -0.25) is 0 Å². The molecule has 5 nitrogen and oxygen atoms in total. The van der Waals surface area contributed by atoms with E-state index >= 15 is 0 Å². The van der Waals surface area contributed by atoms with Crippen molar-refractivity contribution < 1.29 is 22.7 Å². The smallest absolute Gasteiger partial charge is 0.444 e. The van der Waals surface area contributed by atoms with Gasteiger partial charge in [0.25, 0.3) is 0 Å². The predicted octanol–water partition coefficient (Wildman–Crippen LogP) is 4.48. The zero-order valence-corrected chi connectivity index (χ0v) is 15.6. The maximum absolute atomic E-state index is 12.9. The zero-order chi connectivity index (χ0) is 19.5. The molecule has 0 aliphatic heterocycles. The molecule has 2 aromatic rings. The number of alkyl halides is 3. The van der Waals surface area contributed by atoms with Crippen LogP contribution in [0.5, 0.6) is 0 Å². The maximum Gasteiger partial charge on any atom is 0.446 e. The lowest BCUT2D eigenvalue weighted by molar-refractivity contribution is -0.0327. The number of nitrogens with zero attached hydrogens (tertiary/aromatic N) is 2. The van der Waals surface area contributed by atoms with Crippen molar-refractivity contribution in [3.05, 3.63) is 29.0 Å². The average Bonchev–Trinajstić information content (AvgIpc) is 2.80. The highest BCUT2D eigenvalue weighted by Gasteiger charge is 2.32. The SMILES string of the molecule is CC(C)(C)OC(=O)NCC#Cc1nn2c(Cl)cccc2c1SC(F)(F)F. The Morgan fingerprint density at radius 3 is 2.69 bits per heavy atom. The minimum absolute atomic E-state index is 0.0774. The topological polar surface area (TPSA) is 55.6 Å². The van der Waals surface area contributed by atoms with Crippen molar-refractivity contribution in [2.75, 3.05) is 6.54 Å². The number of carbonyl (C=O) groups is 1. The number of carbonyl (C=O) groups excluding carboxylic acids is 1. The summed E-state index contributed by atoms with van der Waals surface area (Å²) in [6.45, 7) is 5.02. The lowest BCUT2D eigenvalue weighted by atomic mass is 10.2. The second kappa shape index (κ2) is 7.68. The van der Waals surface area contributed by atoms with Gasteiger partial charge in [0, 0.05) is 0 Å². The first-order chi connectivity index (χ1) is 12.0. The summed E-state index contributed by atoms with van der Waals surface area (Å²) in [5.41, 5.74) is -5.04. The fourth-order valence-electron chi connectivity index (χ4n) is 1.87. The second-order valence-electron chi connectivity index (χ2n) is 6.03. The Bertz CT molecular complexity index is 879. The predicted molar refractivity (Wildman–Crippen MR) is 93.2 cm³/mol. The molecule has 0 fully saturated rings. The Balaban J connectivity index is 2.23. The van der Waals surface area contributed by atoms with E-state index in [1.807, 2.05) is 0 Å². The Kier molecular flexibility index (Phi) is 5.98. The molecule has 0 radical (unpaired) electrons. The van der Waals surface area contributed by atoms with Gasteiger partial charge in [0.1, 0.15) is 16.4 Å². The average molecular weight is 406 g/mol. The van der Waals surface area contributed by atoms with E-state index in [2.05, 4.69) is 22.3 Å². The molecular weight excluding hydrogens is 391 g/mol. The Morgan fingerprint density at radius 2 is 2.08 bits per heavy atom. The van der Waals surface area contributed by atoms with Crippen LogP contribution in [0.15, 0.2) is 23.1 Å². The van der Waals surface area contributed by atoms with Gasteiger partial charge in [0.15, 0.2) is 0 Å². The number of hydrogen-bond donors (Lipinski definition) is 1. The van der Waals surface area contributed by atoms with Crippen LogP contribution in [0.4, 0.5) is 18.0 Å². The van der Waals surface area contributed by atoms with E-state index in [1.165, 1.54) is 22.7 Å². The molecule has 0 bridgehead atoms. The third-order valence-electron chi connectivity index (χ3n) is 2.71. The first-order valence-electron chi connectivity index (χ1n) is 7.35. The highest BCUT2D eigenvalue weighted by molar-refractivity contribution is 8.00. The number of thioether (sulfide) groups is 1. The van der Waals surface area contributed by atoms with Crippen molar-refractivity contribution in [3.63, 3.8) is 0 Å². The number of amides is 1. The molecule has 0 aromatic carbocycles. The molecule has 2 aromatic heterocycles. The van der Waals surface area contributed by atoms with Crippen LogP contribution >= 0.6 is 23.4 Å². The lowest BCUT2D eigenvalue weighted by Gasteiger charge is -2.18. The van der Waals surface area contributed by atoms with Crippen LogP contribution in [-0.2, 0) is 4.74 Å². The van der Waals surface area contributed by atoms with Crippen LogP contribution in [0.25, 0.3) is 5.52 Å². The number of ether oxygens (including phenoxy) is 1. The molecule has 2 rings (SSSR count). The highest BCUT2D eigenvalue weighted by Crippen LogP contribution is 2.41. The number of aromatic nitrogens is 2. The molecule has 0 atom stereocenters. The largest absolute Gasteiger partial charge is 0.446 e. The summed E-state index contributed by atoms with van der Waals surface area (Å²) in [4.78, 5) is 11.4. The Hall–Kier alpha value is -2.05. The van der Waals surface area contributed by atoms with Crippen molar-refractivity contribution in [2.24, 2.45) is 0 Å². The second-order valence-corrected chi connectivity index (χ2v) is 7.49. The summed E-state index contributed by atoms with van der Waals surface area (Å²) < 4.78 is 44.8. The lowest BCUT2D eigenvalue weighted by Crippen LogP contribution is -2.32. The van der Waals surface area contributed by atoms with Crippen molar-refractivity contribution >= 4 is 35.0 Å². The van der Waals surface area contributed by atoms with Gasteiger partial charge in [-0.2, -0.15) is 18.3 Å². The van der Waals surface area contributed by atoms with E-state index in [0.29, 0.717) is 0 Å². The molecule has 1 amide bonds. The Morgan fingerprint density at radius 1 is 1.38 bits per heavy atom. The normalized spacial score (nSPS) is 11.8. The number of rotatable bonds is 2. The molecule has 0 aliphatic rings. The van der Waals surface area contributed by atoms with Crippen LogP contribution in [0.1, 0.15) is 26.5 Å². The monoisotopic (exact) mass is 405 g/mol. The van der Waals surface area contributed by atoms with E-state index in [9.17, 15) is 18.0 Å². The van der Waals surface area contributed by atoms with Crippen LogP contribution in [0.2, 0.25) is 5.15 Å². The quantitative estimate of drug-likeness (QED) is 0.455. The molecule has 0 spiro atoms. The molecule has 26 heavy (non-hydrogen) atoms. The van der Waals surface area contributed by atoms with Crippen molar-refractivity contribution in [1.29, 1.82) is 0 Å². The summed E-state index contributed by atoms with van der Waals surface area (Å²) in [5.74, 6) is 5.10. The van der Waals surface area contributed by atoms with Gasteiger partial charge < -0.3 is 10.1 Å². The maximum atomic E-state index is 12.9. The molecule has 140 valence electrons. The fourth-order valence-corrected chi connectivity index (χ4v) is 2.75. The molecule has 2 heterocycles. The zero-order valence-electron chi connectivity index (χ0n) is 14.1. The minimum Gasteiger partial charge on any atom is -0.444 e. The molecule has 0 aliphatic carbocycles. The summed E-state index contributed by atoms with van der Waals surface area (Å²) in [5, 5.41) is 6.58. The van der Waals surface area contributed by atoms with Crippen molar-refractivity contribution in [1.82, 2.24) is 14.9 Å². The summed E-state index contributed by atoms with van der Waals surface area (Å²) in [7, 11) is 0. The van der Waals surface area contributed by atoms with Crippen LogP contribution in [-0.4, -0.2) is 33.4 Å². The molecular formula is C16H15ClF3N3O2S. The van der Waals surface area contributed by atoms with Crippen LogP contribution in [0.3, 0.4) is 0 Å². The van der Waals surface area contributed by atoms with Gasteiger partial charge >= 0.3 is 11.6 Å². The van der Waals surface area contributed by atoms with Gasteiger partial charge in [-0.05, 0) is 50.6 Å². The first-order valence-corrected chi connectivity index (χ1v) is 8.54. The van der Waals surface area contributed by atoms with E-state index in [-0.39, 0.29) is 39.6 Å². The van der Waals surface area contributed by atoms with Crippen molar-refractivity contribution in [3.8, 4) is 11.8 Å². The third kappa shape index (κ3) is 5.75. The highest BCUT2D eigenvalue weighted by atomic mass is 35.5. The number of halogens is 4. The van der Waals surface area contributed by atoms with E-state index < -0.39 is 17.2 Å². The van der Waals surface area contributed by atoms with Crippen LogP contribution in [0, 0.1) is 11.8 Å². The molecule has 10 heteroatoms. The van der Waals surface area contributed by atoms with E-state index in [1.54, 1.807) is 20.8 Å². The van der Waals surface area contributed by atoms with Gasteiger partial charge in [-0.1, -0.05) is 23.6 Å². The Labute approximate surface area is 157 Å². The van der Waals surface area contributed by atoms with Gasteiger partial charge in [-0.25, -0.2) is 9.31 Å². The fraction of sp³-hybridized carbons (Fsp3) is 0.375. The molecule has 0 saturated heterocycles. The number of pyridine rings is 1. The summed E-state index contributed by atoms with van der Waals surface area (Å²) >= 11 is 5.65. The van der Waals surface area contributed by atoms with Gasteiger partial charge in [0.2, 0.25) is 0 Å². The van der Waals surface area contributed by atoms with Gasteiger partial charge in [-0.15, -0.1) is 0 Å². The standard InChI is InChI=1S/C16H15ClF3N3O2S/c1-15(2,3)25-14(24)21-9-5-6-10-13(26-16(18,19)20)11-7-4-8-12(17)23(11)22-10/h4,7-8H,9H2,1-3H3,(H,21,24). The third-order valence-corrected chi connectivity index (χ3v) is 3.83. The van der Waals surface area contributed by atoms with Gasteiger partial charge in [0.05, 0.1) is 17.0 Å². The molecule has 1 N–H and O–H groups in total.